The minimum atomic E-state index is -0.701. The second kappa shape index (κ2) is 8.12. The molecule has 0 spiro atoms. The van der Waals surface area contributed by atoms with Crippen molar-refractivity contribution in [1.82, 2.24) is 5.32 Å². The van der Waals surface area contributed by atoms with Gasteiger partial charge in [0, 0.05) is 20.2 Å². The summed E-state index contributed by atoms with van der Waals surface area (Å²) in [5.41, 5.74) is 5.45. The Morgan fingerprint density at radius 3 is 2.47 bits per heavy atom. The number of methoxy groups -OCH3 is 1. The van der Waals surface area contributed by atoms with Crippen molar-refractivity contribution in [2.24, 2.45) is 17.6 Å². The van der Waals surface area contributed by atoms with Gasteiger partial charge in [0.15, 0.2) is 0 Å². The molecule has 1 amide bonds. The van der Waals surface area contributed by atoms with Crippen LogP contribution in [0.5, 0.6) is 0 Å². The number of aliphatic carboxylic acids is 1. The summed E-state index contributed by atoms with van der Waals surface area (Å²) in [5, 5.41) is 11.8. The Morgan fingerprint density at radius 2 is 2.00 bits per heavy atom. The average Bonchev–Trinajstić information content (AvgIpc) is 2.43. The van der Waals surface area contributed by atoms with Crippen molar-refractivity contribution in [2.75, 3.05) is 20.2 Å². The fourth-order valence-corrected chi connectivity index (χ4v) is 2.41. The van der Waals surface area contributed by atoms with E-state index >= 15 is 0 Å². The molecular weight excluding hydrogens is 248 g/mol. The Bertz CT molecular complexity index is 297. The summed E-state index contributed by atoms with van der Waals surface area (Å²) in [4.78, 5) is 22.5. The summed E-state index contributed by atoms with van der Waals surface area (Å²) in [6.45, 7) is 0.944. The second-order valence-corrected chi connectivity index (χ2v) is 5.16. The standard InChI is InChI=1S/C13H24N2O4/c1-19-11(7-14)6-12(16)15-8-9-2-4-10(5-3-9)13(17)18/h9-11H,2-8,14H2,1H3,(H,15,16)(H,17,18). The Hall–Kier alpha value is -1.14. The van der Waals surface area contributed by atoms with Gasteiger partial charge in [0.05, 0.1) is 18.4 Å². The van der Waals surface area contributed by atoms with Crippen molar-refractivity contribution < 1.29 is 19.4 Å². The van der Waals surface area contributed by atoms with Crippen LogP contribution in [0.4, 0.5) is 0 Å². The van der Waals surface area contributed by atoms with Crippen LogP contribution in [0.1, 0.15) is 32.1 Å². The molecule has 6 heteroatoms. The molecule has 1 atom stereocenters. The predicted octanol–water partition coefficient (Wildman–Crippen LogP) is 0.357. The lowest BCUT2D eigenvalue weighted by molar-refractivity contribution is -0.143. The highest BCUT2D eigenvalue weighted by Crippen LogP contribution is 2.28. The Kier molecular flexibility index (Phi) is 6.80. The van der Waals surface area contributed by atoms with Crippen molar-refractivity contribution in [1.29, 1.82) is 0 Å². The molecule has 0 aromatic heterocycles. The lowest BCUT2D eigenvalue weighted by atomic mass is 9.82. The highest BCUT2D eigenvalue weighted by atomic mass is 16.5. The van der Waals surface area contributed by atoms with Gasteiger partial charge in [0.1, 0.15) is 0 Å². The van der Waals surface area contributed by atoms with Gasteiger partial charge in [-0.15, -0.1) is 0 Å². The van der Waals surface area contributed by atoms with Crippen LogP contribution in [0, 0.1) is 11.8 Å². The van der Waals surface area contributed by atoms with Gasteiger partial charge in [-0.1, -0.05) is 0 Å². The molecule has 4 N–H and O–H groups in total. The largest absolute Gasteiger partial charge is 0.481 e. The summed E-state index contributed by atoms with van der Waals surface area (Å²) in [7, 11) is 1.54. The van der Waals surface area contributed by atoms with Crippen LogP contribution in [0.15, 0.2) is 0 Å². The monoisotopic (exact) mass is 272 g/mol. The fraction of sp³-hybridized carbons (Fsp3) is 0.846. The topological polar surface area (TPSA) is 102 Å². The van der Waals surface area contributed by atoms with Gasteiger partial charge in [0.2, 0.25) is 5.91 Å². The molecule has 19 heavy (non-hydrogen) atoms. The van der Waals surface area contributed by atoms with E-state index < -0.39 is 5.97 Å². The lowest BCUT2D eigenvalue weighted by Gasteiger charge is -2.26. The SMILES string of the molecule is COC(CN)CC(=O)NCC1CCC(C(=O)O)CC1. The van der Waals surface area contributed by atoms with Crippen LogP contribution in [0.25, 0.3) is 0 Å². The molecule has 0 saturated heterocycles. The quantitative estimate of drug-likeness (QED) is 0.621. The third-order valence-corrected chi connectivity index (χ3v) is 3.79. The van der Waals surface area contributed by atoms with Crippen LogP contribution >= 0.6 is 0 Å². The van der Waals surface area contributed by atoms with Crippen molar-refractivity contribution in [3.63, 3.8) is 0 Å². The Labute approximate surface area is 113 Å². The zero-order chi connectivity index (χ0) is 14.3. The maximum atomic E-state index is 11.6. The molecule has 0 bridgehead atoms. The van der Waals surface area contributed by atoms with E-state index in [1.165, 1.54) is 7.11 Å². The number of nitrogens with one attached hydrogen (secondary N) is 1. The minimum Gasteiger partial charge on any atom is -0.481 e. The number of hydrogen-bond donors (Lipinski definition) is 3. The first kappa shape index (κ1) is 15.9. The smallest absolute Gasteiger partial charge is 0.306 e. The van der Waals surface area contributed by atoms with Crippen molar-refractivity contribution in [3.05, 3.63) is 0 Å². The number of carboxylic acids is 1. The van der Waals surface area contributed by atoms with Crippen LogP contribution in [0.3, 0.4) is 0 Å². The minimum absolute atomic E-state index is 0.0577. The van der Waals surface area contributed by atoms with Crippen LogP contribution < -0.4 is 11.1 Å². The van der Waals surface area contributed by atoms with E-state index in [0.29, 0.717) is 31.8 Å². The molecular formula is C13H24N2O4. The normalized spacial score (nSPS) is 24.7. The van der Waals surface area contributed by atoms with E-state index in [0.717, 1.165) is 12.8 Å². The van der Waals surface area contributed by atoms with E-state index in [2.05, 4.69) is 5.32 Å². The molecule has 1 aliphatic rings. The first-order chi connectivity index (χ1) is 9.06. The van der Waals surface area contributed by atoms with Crippen molar-refractivity contribution >= 4 is 11.9 Å². The zero-order valence-corrected chi connectivity index (χ0v) is 11.4. The van der Waals surface area contributed by atoms with Crippen LogP contribution in [-0.4, -0.2) is 43.3 Å². The van der Waals surface area contributed by atoms with Crippen LogP contribution in [-0.2, 0) is 14.3 Å². The molecule has 6 nitrogen and oxygen atoms in total. The summed E-state index contributed by atoms with van der Waals surface area (Å²) in [5.74, 6) is -0.577. The molecule has 0 aliphatic heterocycles. The maximum Gasteiger partial charge on any atom is 0.306 e. The van der Waals surface area contributed by atoms with Gasteiger partial charge < -0.3 is 20.9 Å². The van der Waals surface area contributed by atoms with E-state index in [4.69, 9.17) is 15.6 Å². The first-order valence-electron chi connectivity index (χ1n) is 6.79. The first-order valence-corrected chi connectivity index (χ1v) is 6.79. The number of hydrogen-bond acceptors (Lipinski definition) is 4. The molecule has 0 aromatic rings. The van der Waals surface area contributed by atoms with E-state index in [-0.39, 0.29) is 24.3 Å². The summed E-state index contributed by atoms with van der Waals surface area (Å²) in [6.07, 6.45) is 3.18. The number of carbonyl (C=O) groups is 2. The van der Waals surface area contributed by atoms with E-state index in [9.17, 15) is 9.59 Å². The van der Waals surface area contributed by atoms with Gasteiger partial charge >= 0.3 is 5.97 Å². The summed E-state index contributed by atoms with van der Waals surface area (Å²) < 4.78 is 5.05. The maximum absolute atomic E-state index is 11.6. The molecule has 0 heterocycles. The van der Waals surface area contributed by atoms with Gasteiger partial charge in [-0.2, -0.15) is 0 Å². The molecule has 0 radical (unpaired) electrons. The molecule has 1 fully saturated rings. The van der Waals surface area contributed by atoms with Gasteiger partial charge in [-0.3, -0.25) is 9.59 Å². The third-order valence-electron chi connectivity index (χ3n) is 3.79. The molecule has 1 unspecified atom stereocenters. The summed E-state index contributed by atoms with van der Waals surface area (Å²) >= 11 is 0. The predicted molar refractivity (Wildman–Crippen MR) is 70.6 cm³/mol. The molecule has 1 saturated carbocycles. The average molecular weight is 272 g/mol. The van der Waals surface area contributed by atoms with Gasteiger partial charge in [-0.05, 0) is 31.6 Å². The number of nitrogens with two attached hydrogens (primary N) is 1. The Balaban J connectivity index is 2.20. The highest BCUT2D eigenvalue weighted by Gasteiger charge is 2.26. The zero-order valence-electron chi connectivity index (χ0n) is 11.4. The summed E-state index contributed by atoms with van der Waals surface area (Å²) in [6, 6.07) is 0. The molecule has 0 aromatic carbocycles. The number of amides is 1. The lowest BCUT2D eigenvalue weighted by Crippen LogP contribution is -2.36. The highest BCUT2D eigenvalue weighted by molar-refractivity contribution is 5.76. The third kappa shape index (κ3) is 5.57. The number of carbonyl (C=O) groups excluding carboxylic acids is 1. The molecule has 110 valence electrons. The second-order valence-electron chi connectivity index (χ2n) is 5.16. The van der Waals surface area contributed by atoms with Gasteiger partial charge in [-0.25, -0.2) is 0 Å². The van der Waals surface area contributed by atoms with Crippen molar-refractivity contribution in [3.8, 4) is 0 Å². The number of ether oxygens (including phenoxy) is 1. The number of carboxylic acid groups (broad SMARTS) is 1. The molecule has 1 rings (SSSR count). The fourth-order valence-electron chi connectivity index (χ4n) is 2.41. The van der Waals surface area contributed by atoms with E-state index in [1.54, 1.807) is 0 Å². The van der Waals surface area contributed by atoms with Crippen LogP contribution in [0.2, 0.25) is 0 Å². The van der Waals surface area contributed by atoms with E-state index in [1.807, 2.05) is 0 Å². The van der Waals surface area contributed by atoms with Crippen molar-refractivity contribution in [2.45, 2.75) is 38.2 Å². The Morgan fingerprint density at radius 1 is 1.37 bits per heavy atom. The molecule has 1 aliphatic carbocycles. The number of rotatable bonds is 7. The van der Waals surface area contributed by atoms with Gasteiger partial charge in [0.25, 0.3) is 0 Å².